The summed E-state index contributed by atoms with van der Waals surface area (Å²) in [5.74, 6) is 0. The maximum absolute atomic E-state index is 5.35. The molecule has 0 aromatic carbocycles. The van der Waals surface area contributed by atoms with E-state index in [1.165, 1.54) is 0 Å². The highest BCUT2D eigenvalue weighted by Gasteiger charge is 2.05. The van der Waals surface area contributed by atoms with E-state index in [1.54, 1.807) is 0 Å². The van der Waals surface area contributed by atoms with E-state index in [9.17, 15) is 0 Å². The zero-order chi connectivity index (χ0) is 5.11. The summed E-state index contributed by atoms with van der Waals surface area (Å²) in [5, 5.41) is 3.08. The zero-order valence-electron chi connectivity index (χ0n) is 4.18. The van der Waals surface area contributed by atoms with E-state index in [1.807, 2.05) is 0 Å². The van der Waals surface area contributed by atoms with Crippen molar-refractivity contribution in [1.82, 2.24) is 5.32 Å². The average molecular weight is 102 g/mol. The van der Waals surface area contributed by atoms with E-state index in [0.29, 0.717) is 0 Å². The molecule has 42 valence electrons. The molecular formula is C4H10N2O. The minimum Gasteiger partial charge on any atom is -0.361 e. The monoisotopic (exact) mass is 102 g/mol. The number of morpholine rings is 1. The third-order valence-electron chi connectivity index (χ3n) is 0.956. The van der Waals surface area contributed by atoms with Crippen molar-refractivity contribution < 1.29 is 4.74 Å². The molecule has 0 amide bonds. The second-order valence-corrected chi connectivity index (χ2v) is 1.61. The van der Waals surface area contributed by atoms with E-state index in [2.05, 4.69) is 5.32 Å². The molecule has 0 aromatic rings. The van der Waals surface area contributed by atoms with E-state index >= 15 is 0 Å². The molecule has 0 aliphatic carbocycles. The average Bonchev–Trinajstić information content (AvgIpc) is 1.69. The minimum atomic E-state index is -0.0752. The number of hydrogen-bond donors (Lipinski definition) is 2. The molecule has 0 spiro atoms. The fraction of sp³-hybridized carbons (Fsp3) is 1.00. The normalized spacial score (nSPS) is 33.0. The molecule has 1 fully saturated rings. The number of rotatable bonds is 0. The molecule has 0 aromatic heterocycles. The predicted molar refractivity (Wildman–Crippen MR) is 26.8 cm³/mol. The van der Waals surface area contributed by atoms with Gasteiger partial charge in [-0.15, -0.1) is 0 Å². The van der Waals surface area contributed by atoms with Crippen LogP contribution in [0.25, 0.3) is 0 Å². The first-order chi connectivity index (χ1) is 3.39. The first kappa shape index (κ1) is 5.03. The highest BCUT2D eigenvalue weighted by molar-refractivity contribution is 4.58. The fourth-order valence-corrected chi connectivity index (χ4v) is 0.586. The van der Waals surface area contributed by atoms with Crippen molar-refractivity contribution in [2.24, 2.45) is 5.73 Å². The summed E-state index contributed by atoms with van der Waals surface area (Å²) in [6.07, 6.45) is -0.0752. The lowest BCUT2D eigenvalue weighted by molar-refractivity contribution is 0.0331. The molecule has 0 unspecified atom stereocenters. The van der Waals surface area contributed by atoms with Gasteiger partial charge in [0.15, 0.2) is 0 Å². The molecule has 1 rings (SSSR count). The molecule has 7 heavy (non-hydrogen) atoms. The Balaban J connectivity index is 2.12. The van der Waals surface area contributed by atoms with Gasteiger partial charge >= 0.3 is 0 Å². The molecule has 1 saturated heterocycles. The fourth-order valence-electron chi connectivity index (χ4n) is 0.586. The lowest BCUT2D eigenvalue weighted by Gasteiger charge is -2.18. The van der Waals surface area contributed by atoms with Gasteiger partial charge in [-0.1, -0.05) is 0 Å². The quantitative estimate of drug-likeness (QED) is 0.408. The van der Waals surface area contributed by atoms with Gasteiger partial charge in [-0.3, -0.25) is 0 Å². The first-order valence-corrected chi connectivity index (χ1v) is 2.47. The summed E-state index contributed by atoms with van der Waals surface area (Å²) < 4.78 is 4.99. The third-order valence-corrected chi connectivity index (χ3v) is 0.956. The van der Waals surface area contributed by atoms with Crippen LogP contribution in [0.1, 0.15) is 0 Å². The Bertz CT molecular complexity index is 51.7. The molecule has 3 nitrogen and oxygen atoms in total. The molecular weight excluding hydrogens is 92.1 g/mol. The van der Waals surface area contributed by atoms with Gasteiger partial charge in [0.05, 0.1) is 6.61 Å². The zero-order valence-corrected chi connectivity index (χ0v) is 4.18. The molecule has 0 saturated carbocycles. The van der Waals surface area contributed by atoms with Gasteiger partial charge in [0.2, 0.25) is 0 Å². The summed E-state index contributed by atoms with van der Waals surface area (Å²) in [6.45, 7) is 2.48. The second-order valence-electron chi connectivity index (χ2n) is 1.61. The van der Waals surface area contributed by atoms with E-state index in [4.69, 9.17) is 10.5 Å². The number of nitrogens with two attached hydrogens (primary N) is 1. The van der Waals surface area contributed by atoms with Gasteiger partial charge < -0.3 is 15.8 Å². The molecule has 0 bridgehead atoms. The molecule has 1 aliphatic rings. The second kappa shape index (κ2) is 2.26. The highest BCUT2D eigenvalue weighted by Crippen LogP contribution is 1.84. The van der Waals surface area contributed by atoms with Crippen molar-refractivity contribution in [2.45, 2.75) is 6.23 Å². The Morgan fingerprint density at radius 3 is 2.86 bits per heavy atom. The molecule has 1 heterocycles. The topological polar surface area (TPSA) is 47.3 Å². The Labute approximate surface area is 42.8 Å². The summed E-state index contributed by atoms with van der Waals surface area (Å²) in [7, 11) is 0. The van der Waals surface area contributed by atoms with Crippen LogP contribution in [0.4, 0.5) is 0 Å². The van der Waals surface area contributed by atoms with Gasteiger partial charge in [0, 0.05) is 13.1 Å². The van der Waals surface area contributed by atoms with Crippen molar-refractivity contribution in [2.75, 3.05) is 19.7 Å². The largest absolute Gasteiger partial charge is 0.361 e. The highest BCUT2D eigenvalue weighted by atomic mass is 16.5. The van der Waals surface area contributed by atoms with Gasteiger partial charge in [-0.05, 0) is 0 Å². The van der Waals surface area contributed by atoms with Crippen molar-refractivity contribution in [3.05, 3.63) is 0 Å². The predicted octanol–water partition coefficient (Wildman–Crippen LogP) is -1.11. The van der Waals surface area contributed by atoms with Gasteiger partial charge in [-0.25, -0.2) is 0 Å². The van der Waals surface area contributed by atoms with Gasteiger partial charge in [-0.2, -0.15) is 0 Å². The Kier molecular flexibility index (Phi) is 1.62. The van der Waals surface area contributed by atoms with Gasteiger partial charge in [0.25, 0.3) is 0 Å². The number of hydrogen-bond acceptors (Lipinski definition) is 3. The molecule has 3 N–H and O–H groups in total. The van der Waals surface area contributed by atoms with Crippen LogP contribution >= 0.6 is 0 Å². The van der Waals surface area contributed by atoms with Crippen molar-refractivity contribution in [3.63, 3.8) is 0 Å². The number of nitrogens with one attached hydrogen (secondary N) is 1. The Hall–Kier alpha value is -0.120. The lowest BCUT2D eigenvalue weighted by Crippen LogP contribution is -2.43. The lowest BCUT2D eigenvalue weighted by atomic mass is 10.5. The van der Waals surface area contributed by atoms with Crippen LogP contribution in [-0.2, 0) is 4.74 Å². The van der Waals surface area contributed by atoms with Crippen LogP contribution in [0, 0.1) is 0 Å². The third kappa shape index (κ3) is 1.43. The Morgan fingerprint density at radius 1 is 1.71 bits per heavy atom. The van der Waals surface area contributed by atoms with Crippen LogP contribution in [0.5, 0.6) is 0 Å². The van der Waals surface area contributed by atoms with Crippen molar-refractivity contribution in [3.8, 4) is 0 Å². The van der Waals surface area contributed by atoms with Gasteiger partial charge in [0.1, 0.15) is 6.23 Å². The summed E-state index contributed by atoms with van der Waals surface area (Å²) in [5.41, 5.74) is 5.35. The summed E-state index contributed by atoms with van der Waals surface area (Å²) in [6, 6.07) is 0. The standard InChI is InChI=1S/C4H10N2O/c5-4-3-6-1-2-7-4/h4,6H,1-3,5H2/t4-/m1/s1. The number of ether oxygens (including phenoxy) is 1. The van der Waals surface area contributed by atoms with Crippen LogP contribution in [0.15, 0.2) is 0 Å². The molecule has 0 radical (unpaired) electrons. The Morgan fingerprint density at radius 2 is 2.57 bits per heavy atom. The van der Waals surface area contributed by atoms with Crippen molar-refractivity contribution in [1.29, 1.82) is 0 Å². The first-order valence-electron chi connectivity index (χ1n) is 2.47. The smallest absolute Gasteiger partial charge is 0.118 e. The molecule has 1 atom stereocenters. The van der Waals surface area contributed by atoms with E-state index in [0.717, 1.165) is 19.7 Å². The maximum Gasteiger partial charge on any atom is 0.118 e. The summed E-state index contributed by atoms with van der Waals surface area (Å²) in [4.78, 5) is 0. The SMILES string of the molecule is N[C@H]1CNCCO1. The van der Waals surface area contributed by atoms with E-state index < -0.39 is 0 Å². The molecule has 1 aliphatic heterocycles. The summed E-state index contributed by atoms with van der Waals surface area (Å²) >= 11 is 0. The van der Waals surface area contributed by atoms with Crippen LogP contribution in [0.3, 0.4) is 0 Å². The molecule has 3 heteroatoms. The van der Waals surface area contributed by atoms with Crippen LogP contribution in [-0.4, -0.2) is 25.9 Å². The minimum absolute atomic E-state index is 0.0752. The van der Waals surface area contributed by atoms with Crippen LogP contribution < -0.4 is 11.1 Å². The van der Waals surface area contributed by atoms with Crippen molar-refractivity contribution >= 4 is 0 Å². The maximum atomic E-state index is 5.35. The van der Waals surface area contributed by atoms with E-state index in [-0.39, 0.29) is 6.23 Å². The van der Waals surface area contributed by atoms with Crippen LogP contribution in [0.2, 0.25) is 0 Å².